The Hall–Kier alpha value is -2.49. The lowest BCUT2D eigenvalue weighted by Gasteiger charge is -2.45. The molecule has 9 heteroatoms. The molecule has 4 atom stereocenters. The standard InChI is InChI=1S/C21H29N5O4/c1-4-30-16(27)13-26-19(28)17-18(23(3)21(26)29)22-20-24(10-14(2)11-25(17)20)12-15-8-6-5-7-9-15/h5-9,14,17-18,20,22H,4,10-13H2,1-3H3. The van der Waals surface area contributed by atoms with Gasteiger partial charge < -0.3 is 9.64 Å². The van der Waals surface area contributed by atoms with Gasteiger partial charge in [0.25, 0.3) is 5.91 Å². The van der Waals surface area contributed by atoms with Crippen LogP contribution >= 0.6 is 0 Å². The van der Waals surface area contributed by atoms with E-state index in [4.69, 9.17) is 4.74 Å². The van der Waals surface area contributed by atoms with E-state index in [0.29, 0.717) is 5.92 Å². The summed E-state index contributed by atoms with van der Waals surface area (Å²) in [6, 6.07) is 9.20. The Labute approximate surface area is 176 Å². The fourth-order valence-electron chi connectivity index (χ4n) is 4.73. The van der Waals surface area contributed by atoms with Crippen molar-refractivity contribution >= 4 is 17.9 Å². The van der Waals surface area contributed by atoms with Gasteiger partial charge in [-0.15, -0.1) is 0 Å². The van der Waals surface area contributed by atoms with Crippen molar-refractivity contribution in [1.82, 2.24) is 24.9 Å². The highest BCUT2D eigenvalue weighted by molar-refractivity contribution is 6.02. The summed E-state index contributed by atoms with van der Waals surface area (Å²) in [5.74, 6) is -0.564. The number of imide groups is 1. The number of hydrogen-bond donors (Lipinski definition) is 1. The van der Waals surface area contributed by atoms with Gasteiger partial charge in [-0.05, 0) is 18.4 Å². The summed E-state index contributed by atoms with van der Waals surface area (Å²) in [6.45, 7) is 6.09. The van der Waals surface area contributed by atoms with E-state index < -0.39 is 24.2 Å². The Balaban J connectivity index is 1.58. The molecular weight excluding hydrogens is 386 g/mol. The molecule has 0 spiro atoms. The number of amides is 3. The van der Waals surface area contributed by atoms with Gasteiger partial charge in [-0.25, -0.2) is 4.79 Å². The number of likely N-dealkylation sites (N-methyl/N-ethyl adjacent to an activating group) is 1. The van der Waals surface area contributed by atoms with Crippen LogP contribution in [0, 0.1) is 5.92 Å². The molecule has 3 aliphatic heterocycles. The number of carbonyl (C=O) groups is 3. The minimum atomic E-state index is -0.578. The molecule has 0 aromatic heterocycles. The van der Waals surface area contributed by atoms with E-state index in [9.17, 15) is 14.4 Å². The molecule has 0 bridgehead atoms. The lowest BCUT2D eigenvalue weighted by molar-refractivity contribution is -0.151. The summed E-state index contributed by atoms with van der Waals surface area (Å²) in [4.78, 5) is 45.1. The third-order valence-corrected chi connectivity index (χ3v) is 5.99. The van der Waals surface area contributed by atoms with Crippen molar-refractivity contribution in [2.75, 3.05) is 33.3 Å². The SMILES string of the molecule is CCOC(=O)CN1C(=O)C2C(NC3N(Cc4ccccc4)CC(C)CN23)N(C)C1=O. The maximum atomic E-state index is 13.3. The summed E-state index contributed by atoms with van der Waals surface area (Å²) in [7, 11) is 1.67. The molecule has 1 aromatic carbocycles. The summed E-state index contributed by atoms with van der Waals surface area (Å²) >= 11 is 0. The van der Waals surface area contributed by atoms with Gasteiger partial charge in [-0.3, -0.25) is 29.6 Å². The van der Waals surface area contributed by atoms with Crippen LogP contribution in [0.4, 0.5) is 4.79 Å². The Bertz CT molecular complexity index is 819. The van der Waals surface area contributed by atoms with Crippen molar-refractivity contribution in [3.8, 4) is 0 Å². The van der Waals surface area contributed by atoms with Crippen molar-refractivity contribution < 1.29 is 19.1 Å². The maximum Gasteiger partial charge on any atom is 0.328 e. The Kier molecular flexibility index (Phi) is 5.77. The lowest BCUT2D eigenvalue weighted by Crippen LogP contribution is -2.67. The predicted molar refractivity (Wildman–Crippen MR) is 109 cm³/mol. The Morgan fingerprint density at radius 3 is 2.63 bits per heavy atom. The summed E-state index contributed by atoms with van der Waals surface area (Å²) in [5, 5.41) is 3.49. The minimum Gasteiger partial charge on any atom is -0.465 e. The van der Waals surface area contributed by atoms with E-state index >= 15 is 0 Å². The lowest BCUT2D eigenvalue weighted by atomic mass is 10.0. The van der Waals surface area contributed by atoms with Gasteiger partial charge >= 0.3 is 12.0 Å². The molecule has 3 saturated heterocycles. The van der Waals surface area contributed by atoms with Crippen LogP contribution in [0.1, 0.15) is 19.4 Å². The summed E-state index contributed by atoms with van der Waals surface area (Å²) in [6.07, 6.45) is -0.588. The molecule has 162 valence electrons. The number of esters is 1. The average Bonchev–Trinajstić information content (AvgIpc) is 3.10. The molecule has 4 rings (SSSR count). The van der Waals surface area contributed by atoms with Crippen LogP contribution in [0.3, 0.4) is 0 Å². The fraction of sp³-hybridized carbons (Fsp3) is 0.571. The highest BCUT2D eigenvalue weighted by Crippen LogP contribution is 2.32. The smallest absolute Gasteiger partial charge is 0.328 e. The molecule has 9 nitrogen and oxygen atoms in total. The van der Waals surface area contributed by atoms with Gasteiger partial charge in [0.1, 0.15) is 25.0 Å². The number of nitrogens with one attached hydrogen (secondary N) is 1. The summed E-state index contributed by atoms with van der Waals surface area (Å²) in [5.41, 5.74) is 1.20. The molecule has 3 fully saturated rings. The number of ether oxygens (including phenoxy) is 1. The van der Waals surface area contributed by atoms with E-state index in [1.54, 1.807) is 14.0 Å². The first kappa shape index (κ1) is 20.8. The van der Waals surface area contributed by atoms with Crippen LogP contribution in [0.25, 0.3) is 0 Å². The van der Waals surface area contributed by atoms with Crippen molar-refractivity contribution in [3.05, 3.63) is 35.9 Å². The van der Waals surface area contributed by atoms with Gasteiger partial charge in [0.2, 0.25) is 0 Å². The van der Waals surface area contributed by atoms with Crippen LogP contribution < -0.4 is 5.32 Å². The second-order valence-corrected chi connectivity index (χ2v) is 8.27. The van der Waals surface area contributed by atoms with Crippen molar-refractivity contribution in [2.45, 2.75) is 38.9 Å². The minimum absolute atomic E-state index is 0.154. The Morgan fingerprint density at radius 2 is 1.93 bits per heavy atom. The van der Waals surface area contributed by atoms with E-state index in [1.165, 1.54) is 10.5 Å². The molecule has 30 heavy (non-hydrogen) atoms. The maximum absolute atomic E-state index is 13.3. The Morgan fingerprint density at radius 1 is 1.20 bits per heavy atom. The van der Waals surface area contributed by atoms with Crippen LogP contribution in [0.15, 0.2) is 30.3 Å². The van der Waals surface area contributed by atoms with Gasteiger partial charge in [-0.1, -0.05) is 37.3 Å². The fourth-order valence-corrected chi connectivity index (χ4v) is 4.73. The normalized spacial score (nSPS) is 29.7. The highest BCUT2D eigenvalue weighted by atomic mass is 16.5. The molecule has 0 saturated carbocycles. The van der Waals surface area contributed by atoms with E-state index in [2.05, 4.69) is 34.2 Å². The predicted octanol–water partition coefficient (Wildman–Crippen LogP) is 0.479. The van der Waals surface area contributed by atoms with Gasteiger partial charge in [0, 0.05) is 26.7 Å². The number of rotatable bonds is 5. The van der Waals surface area contributed by atoms with Gasteiger partial charge in [0.15, 0.2) is 0 Å². The largest absolute Gasteiger partial charge is 0.465 e. The number of hydrogen-bond acceptors (Lipinski definition) is 7. The number of nitrogens with zero attached hydrogens (tertiary/aromatic N) is 4. The molecule has 1 N–H and O–H groups in total. The zero-order valence-electron chi connectivity index (χ0n) is 17.7. The van der Waals surface area contributed by atoms with Crippen molar-refractivity contribution in [3.63, 3.8) is 0 Å². The molecule has 3 aliphatic rings. The highest BCUT2D eigenvalue weighted by Gasteiger charge is 2.56. The van der Waals surface area contributed by atoms with E-state index in [0.717, 1.165) is 24.5 Å². The van der Waals surface area contributed by atoms with Gasteiger partial charge in [0.05, 0.1) is 6.61 Å². The molecule has 0 radical (unpaired) electrons. The zero-order valence-corrected chi connectivity index (χ0v) is 17.7. The first-order chi connectivity index (χ1) is 14.4. The summed E-state index contributed by atoms with van der Waals surface area (Å²) < 4.78 is 4.95. The first-order valence-electron chi connectivity index (χ1n) is 10.4. The first-order valence-corrected chi connectivity index (χ1v) is 10.4. The second-order valence-electron chi connectivity index (χ2n) is 8.27. The quantitative estimate of drug-likeness (QED) is 0.700. The molecular formula is C21H29N5O4. The topological polar surface area (TPSA) is 85.4 Å². The van der Waals surface area contributed by atoms with Crippen molar-refractivity contribution in [1.29, 1.82) is 0 Å². The molecule has 3 amide bonds. The molecule has 3 heterocycles. The number of benzene rings is 1. The molecule has 4 unspecified atom stereocenters. The zero-order chi connectivity index (χ0) is 21.4. The van der Waals surface area contributed by atoms with Crippen LogP contribution in [0.2, 0.25) is 0 Å². The van der Waals surface area contributed by atoms with Crippen LogP contribution in [0.5, 0.6) is 0 Å². The van der Waals surface area contributed by atoms with E-state index in [1.807, 2.05) is 18.2 Å². The van der Waals surface area contributed by atoms with Crippen molar-refractivity contribution in [2.24, 2.45) is 5.92 Å². The third kappa shape index (κ3) is 3.68. The number of carbonyl (C=O) groups excluding carboxylic acids is 3. The number of urea groups is 1. The van der Waals surface area contributed by atoms with E-state index in [-0.39, 0.29) is 25.3 Å². The second kappa shape index (κ2) is 8.33. The monoisotopic (exact) mass is 415 g/mol. The molecule has 0 aliphatic carbocycles. The van der Waals surface area contributed by atoms with Crippen LogP contribution in [-0.4, -0.2) is 89.3 Å². The van der Waals surface area contributed by atoms with Crippen LogP contribution in [-0.2, 0) is 20.9 Å². The third-order valence-electron chi connectivity index (χ3n) is 5.99. The molecule has 1 aromatic rings. The average molecular weight is 415 g/mol. The van der Waals surface area contributed by atoms with Gasteiger partial charge in [-0.2, -0.15) is 0 Å². The number of fused-ring (bicyclic) bond motifs is 3.